The number of rotatable bonds is 2. The largest absolute Gasteiger partial charge is 0.0683 e. The average Bonchev–Trinajstić information content (AvgIpc) is 2.42. The van der Waals surface area contributed by atoms with Gasteiger partial charge in [-0.2, -0.15) is 0 Å². The first-order chi connectivity index (χ1) is 8.60. The first kappa shape index (κ1) is 15.3. The van der Waals surface area contributed by atoms with Crippen LogP contribution in [0.4, 0.5) is 0 Å². The highest BCUT2D eigenvalue weighted by atomic mass is 14.4. The van der Waals surface area contributed by atoms with Crippen molar-refractivity contribution in [1.82, 2.24) is 0 Å². The van der Waals surface area contributed by atoms with Crippen LogP contribution >= 0.6 is 0 Å². The van der Waals surface area contributed by atoms with Gasteiger partial charge < -0.3 is 0 Å². The summed E-state index contributed by atoms with van der Waals surface area (Å²) in [7, 11) is 0. The smallest absolute Gasteiger partial charge is 0.00753 e. The summed E-state index contributed by atoms with van der Waals surface area (Å²) >= 11 is 0. The van der Waals surface area contributed by atoms with Crippen LogP contribution in [0.15, 0.2) is 30.3 Å². The van der Waals surface area contributed by atoms with Crippen molar-refractivity contribution in [3.8, 4) is 0 Å². The molecule has 0 spiro atoms. The zero-order valence-corrected chi connectivity index (χ0v) is 12.9. The molecule has 0 radical (unpaired) electrons. The van der Waals surface area contributed by atoms with E-state index in [0.29, 0.717) is 5.41 Å². The monoisotopic (exact) mass is 246 g/mol. The molecular formula is C18H30. The molecule has 1 fully saturated rings. The Bertz CT molecular complexity index is 315. The molecule has 0 nitrogen and oxygen atoms in total. The predicted octanol–water partition coefficient (Wildman–Crippen LogP) is 5.82. The van der Waals surface area contributed by atoms with E-state index in [1.165, 1.54) is 31.2 Å². The van der Waals surface area contributed by atoms with E-state index in [1.807, 2.05) is 13.8 Å². The summed E-state index contributed by atoms with van der Waals surface area (Å²) < 4.78 is 0. The molecule has 0 heterocycles. The van der Waals surface area contributed by atoms with Gasteiger partial charge in [-0.15, -0.1) is 0 Å². The molecular weight excluding hydrogens is 216 g/mol. The second kappa shape index (κ2) is 6.97. The van der Waals surface area contributed by atoms with Crippen molar-refractivity contribution in [3.63, 3.8) is 0 Å². The summed E-state index contributed by atoms with van der Waals surface area (Å²) in [4.78, 5) is 0. The van der Waals surface area contributed by atoms with Crippen LogP contribution in [-0.4, -0.2) is 0 Å². The van der Waals surface area contributed by atoms with Crippen LogP contribution in [0.25, 0.3) is 0 Å². The molecule has 102 valence electrons. The Labute approximate surface area is 114 Å². The maximum atomic E-state index is 2.42. The van der Waals surface area contributed by atoms with Crippen molar-refractivity contribution >= 4 is 0 Å². The van der Waals surface area contributed by atoms with Gasteiger partial charge >= 0.3 is 0 Å². The van der Waals surface area contributed by atoms with Gasteiger partial charge in [0.2, 0.25) is 0 Å². The molecule has 0 unspecified atom stereocenters. The van der Waals surface area contributed by atoms with E-state index in [4.69, 9.17) is 0 Å². The first-order valence-corrected chi connectivity index (χ1v) is 7.66. The van der Waals surface area contributed by atoms with E-state index in [-0.39, 0.29) is 0 Å². The molecule has 0 atom stereocenters. The topological polar surface area (TPSA) is 0 Å². The standard InChI is InChI=1S/C16H24.C2H6/c1-13-9-11-15(12-10-13)16(2,3)14-7-5-4-6-8-14;1-2/h4-8,13,15H,9-12H2,1-3H3;1-2H3. The lowest BCUT2D eigenvalue weighted by Gasteiger charge is -2.39. The molecule has 1 aromatic carbocycles. The molecule has 1 saturated carbocycles. The third kappa shape index (κ3) is 3.60. The number of hydrogen-bond acceptors (Lipinski definition) is 0. The van der Waals surface area contributed by atoms with Crippen LogP contribution in [-0.2, 0) is 5.41 Å². The van der Waals surface area contributed by atoms with Gasteiger partial charge in [0, 0.05) is 0 Å². The van der Waals surface area contributed by atoms with Gasteiger partial charge in [0.1, 0.15) is 0 Å². The van der Waals surface area contributed by atoms with Crippen LogP contribution in [0.3, 0.4) is 0 Å². The normalized spacial score (nSPS) is 24.1. The first-order valence-electron chi connectivity index (χ1n) is 7.66. The van der Waals surface area contributed by atoms with Crippen molar-refractivity contribution in [2.24, 2.45) is 11.8 Å². The fourth-order valence-corrected chi connectivity index (χ4v) is 3.09. The van der Waals surface area contributed by atoms with E-state index in [9.17, 15) is 0 Å². The van der Waals surface area contributed by atoms with Crippen LogP contribution < -0.4 is 0 Å². The van der Waals surface area contributed by atoms with Crippen molar-refractivity contribution in [2.45, 2.75) is 65.7 Å². The van der Waals surface area contributed by atoms with Gasteiger partial charge in [-0.3, -0.25) is 0 Å². The summed E-state index contributed by atoms with van der Waals surface area (Å²) in [6.45, 7) is 11.2. The molecule has 0 bridgehead atoms. The summed E-state index contributed by atoms with van der Waals surface area (Å²) in [5.41, 5.74) is 1.86. The van der Waals surface area contributed by atoms with Crippen LogP contribution in [0.5, 0.6) is 0 Å². The summed E-state index contributed by atoms with van der Waals surface area (Å²) in [6.07, 6.45) is 5.65. The highest BCUT2D eigenvalue weighted by Crippen LogP contribution is 2.41. The van der Waals surface area contributed by atoms with E-state index in [0.717, 1.165) is 11.8 Å². The molecule has 1 aliphatic rings. The maximum absolute atomic E-state index is 2.42. The molecule has 0 amide bonds. The average molecular weight is 246 g/mol. The van der Waals surface area contributed by atoms with E-state index in [2.05, 4.69) is 51.1 Å². The van der Waals surface area contributed by atoms with E-state index >= 15 is 0 Å². The quantitative estimate of drug-likeness (QED) is 0.617. The Hall–Kier alpha value is -0.780. The molecule has 0 aromatic heterocycles. The number of hydrogen-bond donors (Lipinski definition) is 0. The molecule has 0 N–H and O–H groups in total. The molecule has 0 heteroatoms. The Morgan fingerprint density at radius 3 is 1.89 bits per heavy atom. The van der Waals surface area contributed by atoms with Crippen molar-refractivity contribution < 1.29 is 0 Å². The fourth-order valence-electron chi connectivity index (χ4n) is 3.09. The minimum absolute atomic E-state index is 0.349. The summed E-state index contributed by atoms with van der Waals surface area (Å²) in [6, 6.07) is 11.0. The van der Waals surface area contributed by atoms with Crippen LogP contribution in [0.2, 0.25) is 0 Å². The molecule has 18 heavy (non-hydrogen) atoms. The van der Waals surface area contributed by atoms with Crippen LogP contribution in [0.1, 0.15) is 65.9 Å². The Kier molecular flexibility index (Phi) is 5.91. The van der Waals surface area contributed by atoms with Crippen molar-refractivity contribution in [1.29, 1.82) is 0 Å². The lowest BCUT2D eigenvalue weighted by molar-refractivity contribution is 0.202. The summed E-state index contributed by atoms with van der Waals surface area (Å²) in [5.74, 6) is 1.81. The lowest BCUT2D eigenvalue weighted by Crippen LogP contribution is -2.31. The lowest BCUT2D eigenvalue weighted by atomic mass is 9.66. The molecule has 0 saturated heterocycles. The number of benzene rings is 1. The highest BCUT2D eigenvalue weighted by Gasteiger charge is 2.33. The third-order valence-electron chi connectivity index (χ3n) is 4.55. The summed E-state index contributed by atoms with van der Waals surface area (Å²) in [5, 5.41) is 0. The second-order valence-electron chi connectivity index (χ2n) is 6.04. The zero-order valence-electron chi connectivity index (χ0n) is 12.9. The van der Waals surface area contributed by atoms with Crippen LogP contribution in [0, 0.1) is 11.8 Å². The van der Waals surface area contributed by atoms with E-state index < -0.39 is 0 Å². The zero-order chi connectivity index (χ0) is 13.6. The molecule has 0 aliphatic heterocycles. The Morgan fingerprint density at radius 1 is 0.889 bits per heavy atom. The minimum atomic E-state index is 0.349. The van der Waals surface area contributed by atoms with Gasteiger partial charge in [-0.1, -0.05) is 77.8 Å². The van der Waals surface area contributed by atoms with Crippen molar-refractivity contribution in [2.75, 3.05) is 0 Å². The molecule has 1 aliphatic carbocycles. The fraction of sp³-hybridized carbons (Fsp3) is 0.667. The maximum Gasteiger partial charge on any atom is -0.00753 e. The second-order valence-corrected chi connectivity index (χ2v) is 6.04. The molecule has 2 rings (SSSR count). The highest BCUT2D eigenvalue weighted by molar-refractivity contribution is 5.24. The van der Waals surface area contributed by atoms with Gasteiger partial charge in [0.15, 0.2) is 0 Å². The SMILES string of the molecule is CC.CC1CCC(C(C)(C)c2ccccc2)CC1. The Balaban J connectivity index is 0.000000771. The predicted molar refractivity (Wildman–Crippen MR) is 81.9 cm³/mol. The molecule has 1 aromatic rings. The van der Waals surface area contributed by atoms with Gasteiger partial charge in [-0.05, 0) is 35.7 Å². The third-order valence-corrected chi connectivity index (χ3v) is 4.55. The van der Waals surface area contributed by atoms with Crippen molar-refractivity contribution in [3.05, 3.63) is 35.9 Å². The minimum Gasteiger partial charge on any atom is -0.0683 e. The van der Waals surface area contributed by atoms with Gasteiger partial charge in [0.25, 0.3) is 0 Å². The van der Waals surface area contributed by atoms with Gasteiger partial charge in [0.05, 0.1) is 0 Å². The van der Waals surface area contributed by atoms with Gasteiger partial charge in [-0.25, -0.2) is 0 Å². The Morgan fingerprint density at radius 2 is 1.39 bits per heavy atom. The van der Waals surface area contributed by atoms with E-state index in [1.54, 1.807) is 0 Å².